The molecule has 0 atom stereocenters. The van der Waals surface area contributed by atoms with Crippen LogP contribution in [0, 0.1) is 17.2 Å². The molecule has 1 aromatic heterocycles. The van der Waals surface area contributed by atoms with Gasteiger partial charge in [0.25, 0.3) is 0 Å². The summed E-state index contributed by atoms with van der Waals surface area (Å²) >= 11 is 11.8. The van der Waals surface area contributed by atoms with Crippen LogP contribution in [0.1, 0.15) is 31.5 Å². The summed E-state index contributed by atoms with van der Waals surface area (Å²) in [6, 6.07) is 3.14. The van der Waals surface area contributed by atoms with E-state index in [1.54, 1.807) is 6.07 Å². The minimum Gasteiger partial charge on any atom is -0.327 e. The van der Waals surface area contributed by atoms with Crippen molar-refractivity contribution in [1.29, 1.82) is 0 Å². The number of imidazole rings is 1. The Morgan fingerprint density at radius 2 is 2.10 bits per heavy atom. The molecule has 5 heteroatoms. The van der Waals surface area contributed by atoms with Gasteiger partial charge in [-0.2, -0.15) is 0 Å². The molecular weight excluding hydrogens is 310 g/mol. The van der Waals surface area contributed by atoms with Gasteiger partial charge >= 0.3 is 0 Å². The Morgan fingerprint density at radius 1 is 1.33 bits per heavy atom. The summed E-state index contributed by atoms with van der Waals surface area (Å²) in [6.45, 7) is 0.946. The lowest BCUT2D eigenvalue weighted by molar-refractivity contribution is 0.369. The molecule has 21 heavy (non-hydrogen) atoms. The topological polar surface area (TPSA) is 17.8 Å². The summed E-state index contributed by atoms with van der Waals surface area (Å²) in [6.07, 6.45) is 5.97. The third kappa shape index (κ3) is 2.35. The lowest BCUT2D eigenvalue weighted by atomic mass is 10.0. The van der Waals surface area contributed by atoms with E-state index >= 15 is 0 Å². The molecule has 2 nitrogen and oxygen atoms in total. The SMILES string of the molecule is Fc1cc2c(cc1Cl)nc(CCCl)n2CC1(C2CC2)CC1. The van der Waals surface area contributed by atoms with Crippen molar-refractivity contribution >= 4 is 34.2 Å². The smallest absolute Gasteiger partial charge is 0.144 e. The zero-order valence-electron chi connectivity index (χ0n) is 11.7. The molecule has 2 aliphatic carbocycles. The van der Waals surface area contributed by atoms with Crippen molar-refractivity contribution < 1.29 is 4.39 Å². The molecule has 0 saturated heterocycles. The largest absolute Gasteiger partial charge is 0.327 e. The van der Waals surface area contributed by atoms with Crippen LogP contribution in [0.3, 0.4) is 0 Å². The summed E-state index contributed by atoms with van der Waals surface area (Å²) in [7, 11) is 0. The second-order valence-corrected chi connectivity index (χ2v) is 7.23. The summed E-state index contributed by atoms with van der Waals surface area (Å²) in [5.41, 5.74) is 2.06. The third-order valence-corrected chi connectivity index (χ3v) is 5.47. The molecule has 2 saturated carbocycles. The van der Waals surface area contributed by atoms with Crippen LogP contribution >= 0.6 is 23.2 Å². The van der Waals surface area contributed by atoms with Crippen molar-refractivity contribution in [2.75, 3.05) is 5.88 Å². The molecule has 0 bridgehead atoms. The normalized spacial score (nSPS) is 20.1. The Hall–Kier alpha value is -0.800. The van der Waals surface area contributed by atoms with Crippen LogP contribution in [0.25, 0.3) is 11.0 Å². The average molecular weight is 327 g/mol. The Kier molecular flexibility index (Phi) is 3.20. The predicted molar refractivity (Wildman–Crippen MR) is 83.5 cm³/mol. The fraction of sp³-hybridized carbons (Fsp3) is 0.562. The number of aryl methyl sites for hydroxylation is 1. The van der Waals surface area contributed by atoms with Crippen LogP contribution in [-0.2, 0) is 13.0 Å². The fourth-order valence-electron chi connectivity index (χ4n) is 3.49. The van der Waals surface area contributed by atoms with Crippen molar-refractivity contribution in [2.24, 2.45) is 11.3 Å². The molecule has 2 aliphatic rings. The third-order valence-electron chi connectivity index (χ3n) is 5.00. The van der Waals surface area contributed by atoms with Gasteiger partial charge < -0.3 is 4.57 Å². The fourth-order valence-corrected chi connectivity index (χ4v) is 3.82. The van der Waals surface area contributed by atoms with Crippen LogP contribution in [0.15, 0.2) is 12.1 Å². The molecule has 2 fully saturated rings. The Bertz CT molecular complexity index is 702. The minimum absolute atomic E-state index is 0.132. The molecule has 4 rings (SSSR count). The lowest BCUT2D eigenvalue weighted by Gasteiger charge is -2.17. The maximum Gasteiger partial charge on any atom is 0.144 e. The molecule has 0 unspecified atom stereocenters. The van der Waals surface area contributed by atoms with Gasteiger partial charge in [-0.3, -0.25) is 0 Å². The van der Waals surface area contributed by atoms with E-state index in [4.69, 9.17) is 23.2 Å². The van der Waals surface area contributed by atoms with Crippen LogP contribution in [0.2, 0.25) is 5.02 Å². The van der Waals surface area contributed by atoms with Crippen molar-refractivity contribution in [3.63, 3.8) is 0 Å². The molecular formula is C16H17Cl2FN2. The average Bonchev–Trinajstić information content (AvgIpc) is 3.33. The molecule has 0 radical (unpaired) electrons. The summed E-state index contributed by atoms with van der Waals surface area (Å²) in [5, 5.41) is 0.132. The van der Waals surface area contributed by atoms with E-state index in [-0.39, 0.29) is 10.8 Å². The maximum absolute atomic E-state index is 13.8. The molecule has 2 aromatic rings. The van der Waals surface area contributed by atoms with Crippen molar-refractivity contribution in [3.8, 4) is 0 Å². The van der Waals surface area contributed by atoms with E-state index in [2.05, 4.69) is 9.55 Å². The molecule has 0 spiro atoms. The number of halogens is 3. The highest BCUT2D eigenvalue weighted by molar-refractivity contribution is 6.31. The Labute approximate surface area is 133 Å². The highest BCUT2D eigenvalue weighted by Gasteiger charge is 2.54. The number of rotatable bonds is 5. The van der Waals surface area contributed by atoms with Gasteiger partial charge in [-0.25, -0.2) is 9.37 Å². The van der Waals surface area contributed by atoms with Gasteiger partial charge in [0.15, 0.2) is 0 Å². The van der Waals surface area contributed by atoms with Gasteiger partial charge in [0.1, 0.15) is 11.6 Å². The van der Waals surface area contributed by atoms with E-state index in [0.717, 1.165) is 29.3 Å². The number of benzene rings is 1. The van der Waals surface area contributed by atoms with Crippen LogP contribution < -0.4 is 0 Å². The number of nitrogens with zero attached hydrogens (tertiary/aromatic N) is 2. The van der Waals surface area contributed by atoms with E-state index in [1.165, 1.54) is 31.7 Å². The van der Waals surface area contributed by atoms with E-state index in [9.17, 15) is 4.39 Å². The quantitative estimate of drug-likeness (QED) is 0.721. The Balaban J connectivity index is 1.80. The van der Waals surface area contributed by atoms with Gasteiger partial charge in [0, 0.05) is 24.9 Å². The summed E-state index contributed by atoms with van der Waals surface area (Å²) < 4.78 is 16.0. The first-order valence-electron chi connectivity index (χ1n) is 7.53. The predicted octanol–water partition coefficient (Wildman–Crippen LogP) is 4.80. The molecule has 1 aromatic carbocycles. The van der Waals surface area contributed by atoms with Crippen LogP contribution in [-0.4, -0.2) is 15.4 Å². The maximum atomic E-state index is 13.8. The monoisotopic (exact) mass is 326 g/mol. The van der Waals surface area contributed by atoms with Gasteiger partial charge in [-0.1, -0.05) is 11.6 Å². The number of fused-ring (bicyclic) bond motifs is 1. The number of hydrogen-bond acceptors (Lipinski definition) is 1. The van der Waals surface area contributed by atoms with Crippen LogP contribution in [0.4, 0.5) is 4.39 Å². The van der Waals surface area contributed by atoms with Crippen molar-refractivity contribution in [3.05, 3.63) is 28.8 Å². The zero-order valence-corrected chi connectivity index (χ0v) is 13.2. The first kappa shape index (κ1) is 13.8. The van der Waals surface area contributed by atoms with Gasteiger partial charge in [0.2, 0.25) is 0 Å². The number of hydrogen-bond donors (Lipinski definition) is 0. The van der Waals surface area contributed by atoms with Crippen molar-refractivity contribution in [1.82, 2.24) is 9.55 Å². The van der Waals surface area contributed by atoms with E-state index in [1.807, 2.05) is 0 Å². The molecule has 1 heterocycles. The summed E-state index contributed by atoms with van der Waals surface area (Å²) in [5.74, 6) is 1.96. The second-order valence-electron chi connectivity index (χ2n) is 6.44. The highest BCUT2D eigenvalue weighted by Crippen LogP contribution is 2.62. The first-order chi connectivity index (χ1) is 10.1. The van der Waals surface area contributed by atoms with Gasteiger partial charge in [0.05, 0.1) is 16.1 Å². The first-order valence-corrected chi connectivity index (χ1v) is 8.44. The molecule has 0 aliphatic heterocycles. The number of aromatic nitrogens is 2. The summed E-state index contributed by atoms with van der Waals surface area (Å²) in [4.78, 5) is 4.62. The van der Waals surface area contributed by atoms with Crippen LogP contribution in [0.5, 0.6) is 0 Å². The van der Waals surface area contributed by atoms with E-state index in [0.29, 0.717) is 17.7 Å². The highest BCUT2D eigenvalue weighted by atomic mass is 35.5. The molecule has 0 amide bonds. The minimum atomic E-state index is -0.376. The number of alkyl halides is 1. The standard InChI is InChI=1S/C16H17Cl2FN2/c17-6-3-15-20-13-7-11(18)12(19)8-14(13)21(15)9-16(4-5-16)10-1-2-10/h7-8,10H,1-6,9H2. The molecule has 0 N–H and O–H groups in total. The van der Waals surface area contributed by atoms with E-state index < -0.39 is 0 Å². The van der Waals surface area contributed by atoms with Gasteiger partial charge in [-0.05, 0) is 43.1 Å². The van der Waals surface area contributed by atoms with Crippen molar-refractivity contribution in [2.45, 2.75) is 38.6 Å². The second kappa shape index (κ2) is 4.85. The zero-order chi connectivity index (χ0) is 14.6. The van der Waals surface area contributed by atoms with Gasteiger partial charge in [-0.15, -0.1) is 11.6 Å². The Morgan fingerprint density at radius 3 is 2.71 bits per heavy atom. The molecule has 112 valence electrons. The lowest BCUT2D eigenvalue weighted by Crippen LogP contribution is -2.16.